The van der Waals surface area contributed by atoms with E-state index in [1.54, 1.807) is 6.92 Å². The second-order valence-electron chi connectivity index (χ2n) is 3.47. The summed E-state index contributed by atoms with van der Waals surface area (Å²) < 4.78 is 22.3. The average molecular weight is 218 g/mol. The van der Waals surface area contributed by atoms with Crippen LogP contribution in [-0.2, 0) is 19.1 Å². The lowest BCUT2D eigenvalue weighted by atomic mass is 9.78. The highest BCUT2D eigenvalue weighted by Gasteiger charge is 2.48. The lowest BCUT2D eigenvalue weighted by Crippen LogP contribution is -2.48. The van der Waals surface area contributed by atoms with Gasteiger partial charge in [-0.05, 0) is 6.92 Å². The largest absolute Gasteiger partial charge is 0.465 e. The maximum Gasteiger partial charge on any atom is 0.322 e. The van der Waals surface area contributed by atoms with Gasteiger partial charge in [0.2, 0.25) is 0 Å². The summed E-state index contributed by atoms with van der Waals surface area (Å²) in [4.78, 5) is 23.3. The van der Waals surface area contributed by atoms with E-state index in [0.717, 1.165) is 0 Å². The first-order valence-corrected chi connectivity index (χ1v) is 5.01. The van der Waals surface area contributed by atoms with Crippen LogP contribution in [-0.4, -0.2) is 38.2 Å². The molecule has 0 N–H and O–H groups in total. The zero-order chi connectivity index (χ0) is 11.3. The molecule has 5 heteroatoms. The zero-order valence-electron chi connectivity index (χ0n) is 8.75. The molecule has 1 saturated heterocycles. The summed E-state index contributed by atoms with van der Waals surface area (Å²) in [6, 6.07) is 0. The van der Waals surface area contributed by atoms with E-state index in [2.05, 4.69) is 0 Å². The molecule has 86 valence electrons. The Balaban J connectivity index is 2.84. The molecular weight excluding hydrogens is 203 g/mol. The number of ketones is 1. The highest BCUT2D eigenvalue weighted by molar-refractivity contribution is 6.04. The van der Waals surface area contributed by atoms with Gasteiger partial charge in [0.25, 0.3) is 0 Å². The van der Waals surface area contributed by atoms with Crippen LogP contribution in [0.5, 0.6) is 0 Å². The van der Waals surface area contributed by atoms with Crippen molar-refractivity contribution >= 4 is 11.8 Å². The summed E-state index contributed by atoms with van der Waals surface area (Å²) >= 11 is 0. The summed E-state index contributed by atoms with van der Waals surface area (Å²) in [5, 5.41) is 0. The van der Waals surface area contributed by atoms with Gasteiger partial charge in [-0.15, -0.1) is 0 Å². The van der Waals surface area contributed by atoms with E-state index in [-0.39, 0.29) is 31.8 Å². The number of carbonyl (C=O) groups is 2. The molecule has 1 fully saturated rings. The predicted molar refractivity (Wildman–Crippen MR) is 50.1 cm³/mol. The van der Waals surface area contributed by atoms with Crippen LogP contribution in [0.15, 0.2) is 0 Å². The van der Waals surface area contributed by atoms with Crippen molar-refractivity contribution in [3.05, 3.63) is 0 Å². The quantitative estimate of drug-likeness (QED) is 0.519. The Labute approximate surface area is 87.7 Å². The van der Waals surface area contributed by atoms with Gasteiger partial charge in [0.15, 0.2) is 11.2 Å². The van der Waals surface area contributed by atoms with Crippen LogP contribution in [0.3, 0.4) is 0 Å². The Morgan fingerprint density at radius 2 is 2.40 bits per heavy atom. The van der Waals surface area contributed by atoms with Crippen LogP contribution in [0.1, 0.15) is 19.8 Å². The topological polar surface area (TPSA) is 52.6 Å². The molecule has 1 heterocycles. The van der Waals surface area contributed by atoms with Crippen LogP contribution < -0.4 is 0 Å². The zero-order valence-corrected chi connectivity index (χ0v) is 8.75. The molecule has 0 aromatic carbocycles. The van der Waals surface area contributed by atoms with Gasteiger partial charge in [-0.1, -0.05) is 0 Å². The molecule has 1 aliphatic heterocycles. The molecule has 15 heavy (non-hydrogen) atoms. The monoisotopic (exact) mass is 218 g/mol. The number of hydrogen-bond donors (Lipinski definition) is 0. The maximum atomic E-state index is 12.4. The Hall–Kier alpha value is -0.970. The highest BCUT2D eigenvalue weighted by Crippen LogP contribution is 2.31. The molecule has 1 unspecified atom stereocenters. The number of esters is 1. The normalized spacial score (nSPS) is 26.4. The third-order valence-electron chi connectivity index (χ3n) is 2.54. The highest BCUT2D eigenvalue weighted by atomic mass is 19.1. The summed E-state index contributed by atoms with van der Waals surface area (Å²) in [6.07, 6.45) is 0.00345. The van der Waals surface area contributed by atoms with Gasteiger partial charge < -0.3 is 9.47 Å². The number of ether oxygens (including phenoxy) is 2. The second kappa shape index (κ2) is 5.21. The Morgan fingerprint density at radius 1 is 1.67 bits per heavy atom. The number of halogens is 1. The van der Waals surface area contributed by atoms with Gasteiger partial charge in [0.1, 0.15) is 0 Å². The van der Waals surface area contributed by atoms with Gasteiger partial charge in [-0.25, -0.2) is 0 Å². The molecular formula is C10H15FO4. The molecule has 4 nitrogen and oxygen atoms in total. The average Bonchev–Trinajstić information content (AvgIpc) is 2.22. The minimum absolute atomic E-state index is 0.0609. The third-order valence-corrected chi connectivity index (χ3v) is 2.54. The van der Waals surface area contributed by atoms with Crippen molar-refractivity contribution < 1.29 is 23.5 Å². The van der Waals surface area contributed by atoms with E-state index in [0.29, 0.717) is 6.61 Å². The summed E-state index contributed by atoms with van der Waals surface area (Å²) in [7, 11) is 0. The SMILES string of the molecule is CCOC(=O)C1(CCF)COCCC1=O. The Bertz CT molecular complexity index is 250. The van der Waals surface area contributed by atoms with Crippen molar-refractivity contribution in [2.75, 3.05) is 26.5 Å². The van der Waals surface area contributed by atoms with Crippen LogP contribution in [0, 0.1) is 5.41 Å². The summed E-state index contributed by atoms with van der Waals surface area (Å²) in [5.74, 6) is -0.933. The standard InChI is InChI=1S/C10H15FO4/c1-2-15-9(13)10(4-5-11)7-14-6-3-8(10)12/h2-7H2,1H3. The van der Waals surface area contributed by atoms with Crippen molar-refractivity contribution in [3.8, 4) is 0 Å². The van der Waals surface area contributed by atoms with Crippen LogP contribution >= 0.6 is 0 Å². The Kier molecular flexibility index (Phi) is 4.20. The maximum absolute atomic E-state index is 12.4. The van der Waals surface area contributed by atoms with E-state index >= 15 is 0 Å². The second-order valence-corrected chi connectivity index (χ2v) is 3.47. The van der Waals surface area contributed by atoms with Crippen LogP contribution in [0.25, 0.3) is 0 Å². The lowest BCUT2D eigenvalue weighted by molar-refractivity contribution is -0.170. The van der Waals surface area contributed by atoms with E-state index in [9.17, 15) is 14.0 Å². The van der Waals surface area contributed by atoms with Crippen LogP contribution in [0.4, 0.5) is 4.39 Å². The molecule has 0 bridgehead atoms. The first kappa shape index (κ1) is 12.1. The van der Waals surface area contributed by atoms with Crippen molar-refractivity contribution in [1.29, 1.82) is 0 Å². The van der Waals surface area contributed by atoms with Gasteiger partial charge in [-0.3, -0.25) is 14.0 Å². The predicted octanol–water partition coefficient (Wildman–Crippen LogP) is 0.885. The van der Waals surface area contributed by atoms with Gasteiger partial charge in [0.05, 0.1) is 26.5 Å². The minimum Gasteiger partial charge on any atom is -0.465 e. The van der Waals surface area contributed by atoms with E-state index < -0.39 is 18.1 Å². The molecule has 0 saturated carbocycles. The van der Waals surface area contributed by atoms with Gasteiger partial charge in [-0.2, -0.15) is 0 Å². The molecule has 1 atom stereocenters. The minimum atomic E-state index is -1.40. The number of hydrogen-bond acceptors (Lipinski definition) is 4. The smallest absolute Gasteiger partial charge is 0.322 e. The first-order valence-electron chi connectivity index (χ1n) is 5.01. The molecule has 0 aromatic heterocycles. The Morgan fingerprint density at radius 3 is 2.93 bits per heavy atom. The van der Waals surface area contributed by atoms with Gasteiger partial charge in [0, 0.05) is 12.8 Å². The lowest BCUT2D eigenvalue weighted by Gasteiger charge is -2.32. The molecule has 0 spiro atoms. The molecule has 0 amide bonds. The fourth-order valence-electron chi connectivity index (χ4n) is 1.65. The molecule has 0 aromatic rings. The number of rotatable bonds is 4. The molecule has 0 radical (unpaired) electrons. The molecule has 0 aliphatic carbocycles. The first-order chi connectivity index (χ1) is 7.17. The van der Waals surface area contributed by atoms with E-state index in [1.165, 1.54) is 0 Å². The number of Topliss-reactive ketones (excluding diaryl/α,β-unsaturated/α-hetero) is 1. The number of carbonyl (C=O) groups excluding carboxylic acids is 2. The summed E-state index contributed by atoms with van der Waals surface area (Å²) in [5.41, 5.74) is -1.40. The fraction of sp³-hybridized carbons (Fsp3) is 0.800. The number of alkyl halides is 1. The van der Waals surface area contributed by atoms with Crippen molar-refractivity contribution in [2.24, 2.45) is 5.41 Å². The van der Waals surface area contributed by atoms with Crippen LogP contribution in [0.2, 0.25) is 0 Å². The van der Waals surface area contributed by atoms with Crippen molar-refractivity contribution in [1.82, 2.24) is 0 Å². The van der Waals surface area contributed by atoms with Crippen molar-refractivity contribution in [3.63, 3.8) is 0 Å². The summed E-state index contributed by atoms with van der Waals surface area (Å²) in [6.45, 7) is 1.34. The third kappa shape index (κ3) is 2.34. The van der Waals surface area contributed by atoms with E-state index in [4.69, 9.17) is 9.47 Å². The van der Waals surface area contributed by atoms with Gasteiger partial charge >= 0.3 is 5.97 Å². The fourth-order valence-corrected chi connectivity index (χ4v) is 1.65. The molecule has 1 aliphatic rings. The molecule has 1 rings (SSSR count). The van der Waals surface area contributed by atoms with E-state index in [1.807, 2.05) is 0 Å². The van der Waals surface area contributed by atoms with Crippen molar-refractivity contribution in [2.45, 2.75) is 19.8 Å².